The van der Waals surface area contributed by atoms with E-state index in [1.807, 2.05) is 13.8 Å². The second-order valence-electron chi connectivity index (χ2n) is 5.52. The molecule has 1 aromatic heterocycles. The molecular weight excluding hydrogens is 272 g/mol. The number of hydrogen-bond acceptors (Lipinski definition) is 4. The Morgan fingerprint density at radius 3 is 2.86 bits per heavy atom. The molecule has 7 nitrogen and oxygen atoms in total. The van der Waals surface area contributed by atoms with E-state index in [4.69, 9.17) is 0 Å². The fourth-order valence-electron chi connectivity index (χ4n) is 2.65. The Bertz CT molecular complexity index is 486. The maximum absolute atomic E-state index is 12.8. The Labute approximate surface area is 124 Å². The van der Waals surface area contributed by atoms with E-state index in [2.05, 4.69) is 20.0 Å². The van der Waals surface area contributed by atoms with E-state index in [1.54, 1.807) is 17.3 Å². The Morgan fingerprint density at radius 1 is 1.52 bits per heavy atom. The molecule has 0 spiro atoms. The van der Waals surface area contributed by atoms with Crippen molar-refractivity contribution >= 4 is 12.0 Å². The minimum atomic E-state index is -0.590. The first-order valence-corrected chi connectivity index (χ1v) is 7.18. The summed E-state index contributed by atoms with van der Waals surface area (Å²) in [5.41, 5.74) is 0. The van der Waals surface area contributed by atoms with E-state index in [9.17, 15) is 9.59 Å². The summed E-state index contributed by atoms with van der Waals surface area (Å²) in [5.74, 6) is 0.685. The summed E-state index contributed by atoms with van der Waals surface area (Å²) in [5, 5.41) is 2.63. The minimum absolute atomic E-state index is 0.0190. The van der Waals surface area contributed by atoms with Crippen molar-refractivity contribution in [1.29, 1.82) is 0 Å². The lowest BCUT2D eigenvalue weighted by atomic mass is 10.0. The van der Waals surface area contributed by atoms with Gasteiger partial charge in [0.1, 0.15) is 11.9 Å². The zero-order chi connectivity index (χ0) is 15.4. The number of carbonyl (C=O) groups is 2. The monoisotopic (exact) mass is 294 g/mol. The van der Waals surface area contributed by atoms with Crippen molar-refractivity contribution in [1.82, 2.24) is 20.2 Å². The molecule has 1 aliphatic heterocycles. The molecule has 0 radical (unpaired) electrons. The average Bonchev–Trinajstić information content (AvgIpc) is 3.12. The van der Waals surface area contributed by atoms with E-state index in [1.165, 1.54) is 7.11 Å². The standard InChI is InChI=1S/C14H22N4O3/c1-9(2)11(17-14(20)21-3)13(19)18-8-4-5-10(18)12-15-6-7-16-12/h6-7,9-11H,4-5,8H2,1-3H3,(H,15,16)(H,17,20)/t10-,11+/m1/s1. The quantitative estimate of drug-likeness (QED) is 0.880. The van der Waals surface area contributed by atoms with Crippen molar-refractivity contribution in [3.05, 3.63) is 18.2 Å². The molecule has 1 saturated heterocycles. The number of methoxy groups -OCH3 is 1. The number of aromatic amines is 1. The third-order valence-corrected chi connectivity index (χ3v) is 3.76. The number of carbonyl (C=O) groups excluding carboxylic acids is 2. The van der Waals surface area contributed by atoms with Gasteiger partial charge in [0.15, 0.2) is 0 Å². The van der Waals surface area contributed by atoms with Gasteiger partial charge >= 0.3 is 6.09 Å². The smallest absolute Gasteiger partial charge is 0.407 e. The predicted molar refractivity (Wildman–Crippen MR) is 76.4 cm³/mol. The largest absolute Gasteiger partial charge is 0.453 e. The highest BCUT2D eigenvalue weighted by atomic mass is 16.5. The molecule has 1 aliphatic rings. The molecule has 0 bridgehead atoms. The highest BCUT2D eigenvalue weighted by Crippen LogP contribution is 2.30. The van der Waals surface area contributed by atoms with Gasteiger partial charge in [-0.05, 0) is 18.8 Å². The van der Waals surface area contributed by atoms with Gasteiger partial charge in [-0.3, -0.25) is 4.79 Å². The summed E-state index contributed by atoms with van der Waals surface area (Å²) in [7, 11) is 1.29. The highest BCUT2D eigenvalue weighted by molar-refractivity contribution is 5.86. The molecule has 0 unspecified atom stereocenters. The third-order valence-electron chi connectivity index (χ3n) is 3.76. The molecule has 2 atom stereocenters. The lowest BCUT2D eigenvalue weighted by Crippen LogP contribution is -2.51. The van der Waals surface area contributed by atoms with Gasteiger partial charge in [-0.2, -0.15) is 0 Å². The maximum Gasteiger partial charge on any atom is 0.407 e. The molecule has 2 rings (SSSR count). The Balaban J connectivity index is 2.13. The van der Waals surface area contributed by atoms with Crippen LogP contribution in [0.1, 0.15) is 38.6 Å². The van der Waals surface area contributed by atoms with E-state index in [0.29, 0.717) is 6.54 Å². The maximum atomic E-state index is 12.8. The molecule has 2 amide bonds. The molecular formula is C14H22N4O3. The molecule has 2 N–H and O–H groups in total. The number of imidazole rings is 1. The molecule has 1 fully saturated rings. The van der Waals surface area contributed by atoms with Crippen LogP contribution < -0.4 is 5.32 Å². The second-order valence-corrected chi connectivity index (χ2v) is 5.52. The van der Waals surface area contributed by atoms with Crippen LogP contribution in [0.4, 0.5) is 4.79 Å². The summed E-state index contributed by atoms with van der Waals surface area (Å²) >= 11 is 0. The topological polar surface area (TPSA) is 87.3 Å². The Morgan fingerprint density at radius 2 is 2.29 bits per heavy atom. The first kappa shape index (κ1) is 15.3. The zero-order valence-corrected chi connectivity index (χ0v) is 12.6. The zero-order valence-electron chi connectivity index (χ0n) is 12.6. The van der Waals surface area contributed by atoms with Crippen LogP contribution in [0.5, 0.6) is 0 Å². The highest BCUT2D eigenvalue weighted by Gasteiger charge is 2.37. The minimum Gasteiger partial charge on any atom is -0.453 e. The van der Waals surface area contributed by atoms with Crippen LogP contribution in [0, 0.1) is 5.92 Å². The van der Waals surface area contributed by atoms with Gasteiger partial charge in [-0.15, -0.1) is 0 Å². The van der Waals surface area contributed by atoms with Gasteiger partial charge in [-0.25, -0.2) is 9.78 Å². The molecule has 2 heterocycles. The molecule has 1 aromatic rings. The van der Waals surface area contributed by atoms with Crippen LogP contribution in [0.2, 0.25) is 0 Å². The van der Waals surface area contributed by atoms with Gasteiger partial charge in [-0.1, -0.05) is 13.8 Å². The van der Waals surface area contributed by atoms with Crippen LogP contribution in [0.15, 0.2) is 12.4 Å². The lowest BCUT2D eigenvalue weighted by Gasteiger charge is -2.29. The first-order valence-electron chi connectivity index (χ1n) is 7.18. The molecule has 0 aliphatic carbocycles. The van der Waals surface area contributed by atoms with Crippen LogP contribution in [-0.2, 0) is 9.53 Å². The number of hydrogen-bond donors (Lipinski definition) is 2. The number of rotatable bonds is 4. The molecule has 116 valence electrons. The van der Waals surface area contributed by atoms with Crippen molar-refractivity contribution in [2.45, 2.75) is 38.8 Å². The van der Waals surface area contributed by atoms with E-state index >= 15 is 0 Å². The van der Waals surface area contributed by atoms with Crippen molar-refractivity contribution < 1.29 is 14.3 Å². The average molecular weight is 294 g/mol. The fourth-order valence-corrected chi connectivity index (χ4v) is 2.65. The number of aromatic nitrogens is 2. The van der Waals surface area contributed by atoms with Crippen molar-refractivity contribution in [3.63, 3.8) is 0 Å². The number of alkyl carbamates (subject to hydrolysis) is 1. The van der Waals surface area contributed by atoms with Crippen molar-refractivity contribution in [2.24, 2.45) is 5.92 Å². The van der Waals surface area contributed by atoms with Gasteiger partial charge in [0.05, 0.1) is 13.2 Å². The third kappa shape index (κ3) is 3.34. The van der Waals surface area contributed by atoms with E-state index < -0.39 is 12.1 Å². The number of H-pyrrole nitrogens is 1. The second kappa shape index (κ2) is 6.60. The number of nitrogens with zero attached hydrogens (tertiary/aromatic N) is 2. The number of ether oxygens (including phenoxy) is 1. The molecule has 7 heteroatoms. The van der Waals surface area contributed by atoms with Crippen molar-refractivity contribution in [2.75, 3.05) is 13.7 Å². The molecule has 21 heavy (non-hydrogen) atoms. The van der Waals surface area contributed by atoms with Gasteiger partial charge in [0.25, 0.3) is 0 Å². The molecule has 0 saturated carbocycles. The summed E-state index contributed by atoms with van der Waals surface area (Å²) in [6.45, 7) is 4.48. The lowest BCUT2D eigenvalue weighted by molar-refractivity contribution is -0.135. The fraction of sp³-hybridized carbons (Fsp3) is 0.643. The van der Waals surface area contributed by atoms with Gasteiger partial charge in [0.2, 0.25) is 5.91 Å². The summed E-state index contributed by atoms with van der Waals surface area (Å²) < 4.78 is 4.60. The van der Waals surface area contributed by atoms with Crippen LogP contribution in [-0.4, -0.2) is 46.6 Å². The van der Waals surface area contributed by atoms with E-state index in [0.717, 1.165) is 18.7 Å². The Hall–Kier alpha value is -2.05. The number of nitrogens with one attached hydrogen (secondary N) is 2. The summed E-state index contributed by atoms with van der Waals surface area (Å²) in [6, 6.07) is -0.638. The number of likely N-dealkylation sites (tertiary alicyclic amines) is 1. The molecule has 0 aromatic carbocycles. The van der Waals surface area contributed by atoms with E-state index in [-0.39, 0.29) is 17.9 Å². The van der Waals surface area contributed by atoms with Crippen LogP contribution in [0.3, 0.4) is 0 Å². The predicted octanol–water partition coefficient (Wildman–Crippen LogP) is 1.45. The van der Waals surface area contributed by atoms with Gasteiger partial charge < -0.3 is 19.9 Å². The summed E-state index contributed by atoms with van der Waals surface area (Å²) in [6.07, 6.45) is 4.66. The van der Waals surface area contributed by atoms with Crippen molar-refractivity contribution in [3.8, 4) is 0 Å². The van der Waals surface area contributed by atoms with Crippen LogP contribution in [0.25, 0.3) is 0 Å². The SMILES string of the molecule is COC(=O)N[C@H](C(=O)N1CCC[C@@H]1c1ncc[nH]1)C(C)C. The van der Waals surface area contributed by atoms with Gasteiger partial charge in [0, 0.05) is 18.9 Å². The normalized spacial score (nSPS) is 19.6. The Kier molecular flexibility index (Phi) is 4.82. The summed E-state index contributed by atoms with van der Waals surface area (Å²) in [4.78, 5) is 33.3. The number of amides is 2. The first-order chi connectivity index (χ1) is 10.0. The van der Waals surface area contributed by atoms with Crippen LogP contribution >= 0.6 is 0 Å².